The Balaban J connectivity index is 2.05. The van der Waals surface area contributed by atoms with E-state index < -0.39 is 0 Å². The van der Waals surface area contributed by atoms with Gasteiger partial charge in [0.1, 0.15) is 12.2 Å². The van der Waals surface area contributed by atoms with E-state index in [1.807, 2.05) is 4.68 Å². The number of aliphatic hydroxyl groups is 1. The van der Waals surface area contributed by atoms with Crippen LogP contribution < -0.4 is 0 Å². The molecule has 0 aliphatic carbocycles. The third-order valence-corrected chi connectivity index (χ3v) is 4.00. The van der Waals surface area contributed by atoms with Crippen molar-refractivity contribution in [3.63, 3.8) is 0 Å². The molecule has 1 saturated heterocycles. The molecule has 0 aromatic carbocycles. The minimum atomic E-state index is 0.236. The maximum atomic E-state index is 9.59. The van der Waals surface area contributed by atoms with Gasteiger partial charge in [-0.3, -0.25) is 4.90 Å². The van der Waals surface area contributed by atoms with Crippen LogP contribution in [-0.4, -0.2) is 44.0 Å². The summed E-state index contributed by atoms with van der Waals surface area (Å²) in [5.41, 5.74) is 0. The molecule has 5 heteroatoms. The largest absolute Gasteiger partial charge is 0.395 e. The lowest BCUT2D eigenvalue weighted by Crippen LogP contribution is -2.46. The molecule has 1 fully saturated rings. The summed E-state index contributed by atoms with van der Waals surface area (Å²) in [4.78, 5) is 6.74. The summed E-state index contributed by atoms with van der Waals surface area (Å²) in [6, 6.07) is 0.262. The Hall–Kier alpha value is -0.940. The summed E-state index contributed by atoms with van der Waals surface area (Å²) in [7, 11) is 0. The van der Waals surface area contributed by atoms with Crippen molar-refractivity contribution in [3.8, 4) is 0 Å². The van der Waals surface area contributed by atoms with Crippen LogP contribution in [0, 0.1) is 11.8 Å². The highest BCUT2D eigenvalue weighted by atomic mass is 16.3. The fourth-order valence-corrected chi connectivity index (χ4v) is 2.92. The van der Waals surface area contributed by atoms with E-state index in [1.165, 1.54) is 12.8 Å². The first kappa shape index (κ1) is 14.5. The Morgan fingerprint density at radius 3 is 2.95 bits per heavy atom. The summed E-state index contributed by atoms with van der Waals surface area (Å²) < 4.78 is 2.00. The molecule has 0 radical (unpaired) electrons. The Kier molecular flexibility index (Phi) is 4.93. The van der Waals surface area contributed by atoms with E-state index in [-0.39, 0.29) is 12.6 Å². The summed E-state index contributed by atoms with van der Waals surface area (Å²) in [5, 5.41) is 13.9. The molecule has 0 spiro atoms. The number of hydrogen-bond acceptors (Lipinski definition) is 4. The molecule has 108 valence electrons. The molecule has 1 aromatic rings. The van der Waals surface area contributed by atoms with Crippen molar-refractivity contribution >= 4 is 0 Å². The first-order chi connectivity index (χ1) is 9.11. The average molecular weight is 266 g/mol. The minimum Gasteiger partial charge on any atom is -0.395 e. The first-order valence-corrected chi connectivity index (χ1v) is 7.33. The minimum absolute atomic E-state index is 0.236. The van der Waals surface area contributed by atoms with Gasteiger partial charge in [-0.25, -0.2) is 9.67 Å². The molecule has 0 saturated carbocycles. The molecule has 5 nitrogen and oxygen atoms in total. The molecule has 2 unspecified atom stereocenters. The fraction of sp³-hybridized carbons (Fsp3) is 0.857. The van der Waals surface area contributed by atoms with E-state index in [2.05, 4.69) is 35.8 Å². The van der Waals surface area contributed by atoms with E-state index >= 15 is 0 Å². The third kappa shape index (κ3) is 3.54. The lowest BCUT2D eigenvalue weighted by atomic mass is 9.91. The highest BCUT2D eigenvalue weighted by Gasteiger charge is 2.28. The summed E-state index contributed by atoms with van der Waals surface area (Å²) >= 11 is 0. The predicted molar refractivity (Wildman–Crippen MR) is 74.5 cm³/mol. The van der Waals surface area contributed by atoms with Gasteiger partial charge in [-0.15, -0.1) is 0 Å². The van der Waals surface area contributed by atoms with Crippen LogP contribution in [0.3, 0.4) is 0 Å². The highest BCUT2D eigenvalue weighted by molar-refractivity contribution is 4.90. The molecule has 1 aromatic heterocycles. The number of hydrogen-bond donors (Lipinski definition) is 1. The quantitative estimate of drug-likeness (QED) is 0.878. The van der Waals surface area contributed by atoms with Crippen LogP contribution in [0.2, 0.25) is 0 Å². The third-order valence-electron chi connectivity index (χ3n) is 4.00. The lowest BCUT2D eigenvalue weighted by Gasteiger charge is -2.38. The van der Waals surface area contributed by atoms with Crippen molar-refractivity contribution in [2.75, 3.05) is 13.2 Å². The van der Waals surface area contributed by atoms with Gasteiger partial charge < -0.3 is 5.11 Å². The van der Waals surface area contributed by atoms with Crippen LogP contribution in [0.5, 0.6) is 0 Å². The van der Waals surface area contributed by atoms with Gasteiger partial charge in [-0.05, 0) is 31.2 Å². The second kappa shape index (κ2) is 6.48. The number of piperidine rings is 1. The smallest absolute Gasteiger partial charge is 0.141 e. The standard InChI is InChI=1S/C14H26N4O/c1-11(2)7-18-14(15-10-16-18)8-17-6-4-5-12(3)13(17)9-19/h10-13,19H,4-9H2,1-3H3. The van der Waals surface area contributed by atoms with Crippen LogP contribution in [0.1, 0.15) is 39.4 Å². The van der Waals surface area contributed by atoms with Gasteiger partial charge in [-0.1, -0.05) is 20.8 Å². The number of aromatic nitrogens is 3. The van der Waals surface area contributed by atoms with Crippen molar-refractivity contribution < 1.29 is 5.11 Å². The van der Waals surface area contributed by atoms with E-state index in [0.29, 0.717) is 11.8 Å². The zero-order valence-electron chi connectivity index (χ0n) is 12.3. The van der Waals surface area contributed by atoms with Crippen LogP contribution in [0.25, 0.3) is 0 Å². The van der Waals surface area contributed by atoms with Gasteiger partial charge in [0.2, 0.25) is 0 Å². The highest BCUT2D eigenvalue weighted by Crippen LogP contribution is 2.24. The molecule has 1 aliphatic heterocycles. The van der Waals surface area contributed by atoms with Crippen molar-refractivity contribution in [1.82, 2.24) is 19.7 Å². The molecule has 0 amide bonds. The second-order valence-electron chi connectivity index (χ2n) is 6.09. The molecule has 1 aliphatic rings. The molecule has 1 N–H and O–H groups in total. The molecular weight excluding hydrogens is 240 g/mol. The molecule has 19 heavy (non-hydrogen) atoms. The van der Waals surface area contributed by atoms with Gasteiger partial charge in [0.05, 0.1) is 13.2 Å². The summed E-state index contributed by atoms with van der Waals surface area (Å²) in [5.74, 6) is 2.14. The molecule has 0 bridgehead atoms. The zero-order valence-corrected chi connectivity index (χ0v) is 12.3. The van der Waals surface area contributed by atoms with Crippen molar-refractivity contribution in [2.45, 2.75) is 52.7 Å². The van der Waals surface area contributed by atoms with Gasteiger partial charge >= 0.3 is 0 Å². The lowest BCUT2D eigenvalue weighted by molar-refractivity contribution is 0.0442. The number of likely N-dealkylation sites (tertiary alicyclic amines) is 1. The number of rotatable bonds is 5. The first-order valence-electron chi connectivity index (χ1n) is 7.33. The average Bonchev–Trinajstić information content (AvgIpc) is 2.76. The summed E-state index contributed by atoms with van der Waals surface area (Å²) in [6.45, 7) is 9.58. The van der Waals surface area contributed by atoms with Gasteiger partial charge in [-0.2, -0.15) is 5.10 Å². The Morgan fingerprint density at radius 1 is 1.47 bits per heavy atom. The van der Waals surface area contributed by atoms with Gasteiger partial charge in [0.25, 0.3) is 0 Å². The fourth-order valence-electron chi connectivity index (χ4n) is 2.92. The van der Waals surface area contributed by atoms with Crippen molar-refractivity contribution in [1.29, 1.82) is 0 Å². The normalized spacial score (nSPS) is 25.1. The zero-order chi connectivity index (χ0) is 13.8. The van der Waals surface area contributed by atoms with Gasteiger partial charge in [0, 0.05) is 12.6 Å². The Morgan fingerprint density at radius 2 is 2.26 bits per heavy atom. The van der Waals surface area contributed by atoms with Crippen molar-refractivity contribution in [2.24, 2.45) is 11.8 Å². The maximum absolute atomic E-state index is 9.59. The van der Waals surface area contributed by atoms with Crippen LogP contribution in [0.15, 0.2) is 6.33 Å². The van der Waals surface area contributed by atoms with E-state index in [4.69, 9.17) is 0 Å². The van der Waals surface area contributed by atoms with Gasteiger partial charge in [0.15, 0.2) is 0 Å². The number of aliphatic hydroxyl groups excluding tert-OH is 1. The summed E-state index contributed by atoms with van der Waals surface area (Å²) in [6.07, 6.45) is 4.05. The monoisotopic (exact) mass is 266 g/mol. The van der Waals surface area contributed by atoms with Crippen LogP contribution in [-0.2, 0) is 13.1 Å². The molecular formula is C14H26N4O. The van der Waals surface area contributed by atoms with Crippen LogP contribution >= 0.6 is 0 Å². The molecule has 2 atom stereocenters. The van der Waals surface area contributed by atoms with Crippen LogP contribution in [0.4, 0.5) is 0 Å². The second-order valence-corrected chi connectivity index (χ2v) is 6.09. The van der Waals surface area contributed by atoms with Crippen molar-refractivity contribution in [3.05, 3.63) is 12.2 Å². The van der Waals surface area contributed by atoms with E-state index in [0.717, 1.165) is 25.5 Å². The SMILES string of the molecule is CC(C)Cn1ncnc1CN1CCCC(C)C1CO. The molecule has 2 rings (SSSR count). The maximum Gasteiger partial charge on any atom is 0.141 e. The Labute approximate surface area is 115 Å². The van der Waals surface area contributed by atoms with E-state index in [9.17, 15) is 5.11 Å². The Bertz CT molecular complexity index is 391. The molecule has 2 heterocycles. The topological polar surface area (TPSA) is 54.2 Å². The predicted octanol–water partition coefficient (Wildman–Crippen LogP) is 1.53. The number of nitrogens with zero attached hydrogens (tertiary/aromatic N) is 4. The van der Waals surface area contributed by atoms with E-state index in [1.54, 1.807) is 6.33 Å².